The van der Waals surface area contributed by atoms with Crippen molar-refractivity contribution in [1.82, 2.24) is 24.7 Å². The van der Waals surface area contributed by atoms with E-state index in [1.807, 2.05) is 20.0 Å². The molecule has 0 radical (unpaired) electrons. The van der Waals surface area contributed by atoms with Crippen LogP contribution in [0.1, 0.15) is 30.2 Å². The number of hydrogen-bond donors (Lipinski definition) is 0. The third kappa shape index (κ3) is 1.71. The summed E-state index contributed by atoms with van der Waals surface area (Å²) in [5.74, 6) is 2.80. The van der Waals surface area contributed by atoms with Gasteiger partial charge in [-0.15, -0.1) is 10.2 Å². The first-order chi connectivity index (χ1) is 8.25. The summed E-state index contributed by atoms with van der Waals surface area (Å²) in [5.41, 5.74) is 1.97. The molecule has 1 aliphatic rings. The summed E-state index contributed by atoms with van der Waals surface area (Å²) in [5, 5.41) is 8.55. The lowest BCUT2D eigenvalue weighted by atomic mass is 10.1. The third-order valence-electron chi connectivity index (χ3n) is 3.20. The van der Waals surface area contributed by atoms with Gasteiger partial charge in [-0.25, -0.2) is 9.97 Å². The van der Waals surface area contributed by atoms with Crippen molar-refractivity contribution in [2.75, 3.05) is 0 Å². The molecule has 17 heavy (non-hydrogen) atoms. The highest BCUT2D eigenvalue weighted by molar-refractivity contribution is 5.57. The Kier molecular flexibility index (Phi) is 2.39. The smallest absolute Gasteiger partial charge is 0.167 e. The van der Waals surface area contributed by atoms with Gasteiger partial charge in [0.2, 0.25) is 0 Å². The zero-order valence-electron chi connectivity index (χ0n) is 10.1. The maximum atomic E-state index is 4.39. The summed E-state index contributed by atoms with van der Waals surface area (Å²) in [6, 6.07) is 0. The Hall–Kier alpha value is -1.78. The van der Waals surface area contributed by atoms with E-state index in [0.29, 0.717) is 0 Å². The molecular formula is C12H15N5. The Balaban J connectivity index is 2.12. The van der Waals surface area contributed by atoms with Gasteiger partial charge < -0.3 is 4.57 Å². The minimum Gasteiger partial charge on any atom is -0.311 e. The predicted molar refractivity (Wildman–Crippen MR) is 63.5 cm³/mol. The van der Waals surface area contributed by atoms with Crippen LogP contribution >= 0.6 is 0 Å². The van der Waals surface area contributed by atoms with Crippen LogP contribution in [0, 0.1) is 13.8 Å². The molecule has 5 heteroatoms. The molecule has 0 N–H and O–H groups in total. The molecule has 0 spiro atoms. The molecule has 0 saturated heterocycles. The lowest BCUT2D eigenvalue weighted by Crippen LogP contribution is -2.12. The lowest BCUT2D eigenvalue weighted by molar-refractivity contribution is 0.525. The van der Waals surface area contributed by atoms with E-state index in [0.717, 1.165) is 41.7 Å². The first kappa shape index (κ1) is 10.4. The second-order valence-electron chi connectivity index (χ2n) is 4.46. The van der Waals surface area contributed by atoms with Crippen molar-refractivity contribution in [3.63, 3.8) is 0 Å². The SMILES string of the molecule is Cc1ncc(-c2nnc3n2CCCC3)c(C)n1. The highest BCUT2D eigenvalue weighted by Crippen LogP contribution is 2.23. The summed E-state index contributed by atoms with van der Waals surface area (Å²) >= 11 is 0. The monoisotopic (exact) mass is 229 g/mol. The summed E-state index contributed by atoms with van der Waals surface area (Å²) in [7, 11) is 0. The molecule has 0 unspecified atom stereocenters. The summed E-state index contributed by atoms with van der Waals surface area (Å²) in [6.45, 7) is 4.90. The minimum absolute atomic E-state index is 0.796. The Bertz CT molecular complexity index is 558. The second kappa shape index (κ2) is 3.91. The van der Waals surface area contributed by atoms with Crippen LogP contribution < -0.4 is 0 Å². The second-order valence-corrected chi connectivity index (χ2v) is 4.46. The van der Waals surface area contributed by atoms with Crippen molar-refractivity contribution < 1.29 is 0 Å². The average molecular weight is 229 g/mol. The van der Waals surface area contributed by atoms with Crippen molar-refractivity contribution in [3.05, 3.63) is 23.5 Å². The first-order valence-corrected chi connectivity index (χ1v) is 5.98. The van der Waals surface area contributed by atoms with E-state index in [1.54, 1.807) is 0 Å². The van der Waals surface area contributed by atoms with Crippen molar-refractivity contribution in [3.8, 4) is 11.4 Å². The maximum Gasteiger partial charge on any atom is 0.167 e. The number of hydrogen-bond acceptors (Lipinski definition) is 4. The van der Waals surface area contributed by atoms with Gasteiger partial charge in [0, 0.05) is 19.2 Å². The van der Waals surface area contributed by atoms with E-state index in [1.165, 1.54) is 12.8 Å². The quantitative estimate of drug-likeness (QED) is 0.746. The van der Waals surface area contributed by atoms with Gasteiger partial charge in [-0.05, 0) is 26.7 Å². The molecule has 0 fully saturated rings. The van der Waals surface area contributed by atoms with E-state index in [2.05, 4.69) is 24.7 Å². The molecule has 0 aliphatic carbocycles. The molecule has 1 aliphatic heterocycles. The van der Waals surface area contributed by atoms with Gasteiger partial charge in [0.15, 0.2) is 5.82 Å². The molecule has 0 amide bonds. The standard InChI is InChI=1S/C12H15N5/c1-8-10(7-13-9(2)14-8)12-16-15-11-5-3-4-6-17(11)12/h7H,3-6H2,1-2H3. The molecule has 3 heterocycles. The van der Waals surface area contributed by atoms with E-state index >= 15 is 0 Å². The molecule has 0 atom stereocenters. The highest BCUT2D eigenvalue weighted by Gasteiger charge is 2.18. The molecule has 0 saturated carbocycles. The van der Waals surface area contributed by atoms with Gasteiger partial charge >= 0.3 is 0 Å². The maximum absolute atomic E-state index is 4.39. The zero-order valence-corrected chi connectivity index (χ0v) is 10.1. The summed E-state index contributed by atoms with van der Waals surface area (Å²) < 4.78 is 2.20. The molecule has 2 aromatic rings. The Morgan fingerprint density at radius 3 is 2.88 bits per heavy atom. The molecular weight excluding hydrogens is 214 g/mol. The molecule has 0 aromatic carbocycles. The molecule has 88 valence electrons. The predicted octanol–water partition coefficient (Wildman–Crippen LogP) is 1.69. The first-order valence-electron chi connectivity index (χ1n) is 5.98. The van der Waals surface area contributed by atoms with Crippen LogP contribution in [0.25, 0.3) is 11.4 Å². The normalized spacial score (nSPS) is 14.7. The number of nitrogens with zero attached hydrogens (tertiary/aromatic N) is 5. The van der Waals surface area contributed by atoms with E-state index in [9.17, 15) is 0 Å². The summed E-state index contributed by atoms with van der Waals surface area (Å²) in [6.07, 6.45) is 5.29. The molecule has 3 rings (SSSR count). The van der Waals surface area contributed by atoms with Crippen LogP contribution in [0.4, 0.5) is 0 Å². The van der Waals surface area contributed by atoms with Crippen LogP contribution in [-0.4, -0.2) is 24.7 Å². The fraction of sp³-hybridized carbons (Fsp3) is 0.500. The van der Waals surface area contributed by atoms with Gasteiger partial charge in [-0.2, -0.15) is 0 Å². The van der Waals surface area contributed by atoms with E-state index in [4.69, 9.17) is 0 Å². The Labute approximate surface area is 99.9 Å². The van der Waals surface area contributed by atoms with Gasteiger partial charge in [0.1, 0.15) is 11.6 Å². The minimum atomic E-state index is 0.796. The zero-order chi connectivity index (χ0) is 11.8. The van der Waals surface area contributed by atoms with E-state index in [-0.39, 0.29) is 0 Å². The van der Waals surface area contributed by atoms with Crippen LogP contribution in [0.15, 0.2) is 6.20 Å². The molecule has 0 bridgehead atoms. The van der Waals surface area contributed by atoms with Gasteiger partial charge in [0.25, 0.3) is 0 Å². The topological polar surface area (TPSA) is 56.5 Å². The van der Waals surface area contributed by atoms with Crippen molar-refractivity contribution in [1.29, 1.82) is 0 Å². The van der Waals surface area contributed by atoms with Crippen molar-refractivity contribution in [2.45, 2.75) is 39.7 Å². The lowest BCUT2D eigenvalue weighted by Gasteiger charge is -2.15. The fourth-order valence-electron chi connectivity index (χ4n) is 2.31. The third-order valence-corrected chi connectivity index (χ3v) is 3.20. The van der Waals surface area contributed by atoms with E-state index < -0.39 is 0 Å². The largest absolute Gasteiger partial charge is 0.311 e. The van der Waals surface area contributed by atoms with Gasteiger partial charge in [-0.3, -0.25) is 0 Å². The molecule has 2 aromatic heterocycles. The summed E-state index contributed by atoms with van der Waals surface area (Å²) in [4.78, 5) is 8.64. The Morgan fingerprint density at radius 1 is 1.18 bits per heavy atom. The van der Waals surface area contributed by atoms with Crippen LogP contribution in [-0.2, 0) is 13.0 Å². The number of aromatic nitrogens is 5. The van der Waals surface area contributed by atoms with Crippen LogP contribution in [0.2, 0.25) is 0 Å². The van der Waals surface area contributed by atoms with Crippen LogP contribution in [0.3, 0.4) is 0 Å². The average Bonchev–Trinajstić information content (AvgIpc) is 2.73. The highest BCUT2D eigenvalue weighted by atomic mass is 15.3. The molecule has 5 nitrogen and oxygen atoms in total. The van der Waals surface area contributed by atoms with Gasteiger partial charge in [-0.1, -0.05) is 0 Å². The number of fused-ring (bicyclic) bond motifs is 1. The Morgan fingerprint density at radius 2 is 2.06 bits per heavy atom. The number of rotatable bonds is 1. The van der Waals surface area contributed by atoms with Gasteiger partial charge in [0.05, 0.1) is 11.3 Å². The van der Waals surface area contributed by atoms with Crippen LogP contribution in [0.5, 0.6) is 0 Å². The fourth-order valence-corrected chi connectivity index (χ4v) is 2.31. The van der Waals surface area contributed by atoms with Crippen molar-refractivity contribution in [2.24, 2.45) is 0 Å². The van der Waals surface area contributed by atoms with Crippen molar-refractivity contribution >= 4 is 0 Å². The number of aryl methyl sites for hydroxylation is 3.